The predicted octanol–water partition coefficient (Wildman–Crippen LogP) is 6.04. The van der Waals surface area contributed by atoms with Crippen molar-refractivity contribution in [2.75, 3.05) is 19.6 Å². The SMILES string of the molecule is Cc1c(-c2ccc(Cl)cc2)noc1[N+]1(CCc2ccccc2)CCCCC1. The number of rotatable bonds is 5. The standard InChI is InChI=1S/C23H26ClN2O/c1-18-22(20-10-12-21(24)13-11-20)25-27-23(18)26(15-6-3-7-16-26)17-14-19-8-4-2-5-9-19/h2,4-5,8-13H,3,6-7,14-17H2,1H3/q+1. The molecule has 0 amide bonds. The molecule has 140 valence electrons. The number of benzene rings is 2. The maximum Gasteiger partial charge on any atom is 0.325 e. The fourth-order valence-corrected chi connectivity index (χ4v) is 4.41. The average Bonchev–Trinajstić information content (AvgIpc) is 3.11. The van der Waals surface area contributed by atoms with E-state index >= 15 is 0 Å². The van der Waals surface area contributed by atoms with Crippen LogP contribution in [-0.2, 0) is 6.42 Å². The molecule has 1 saturated heterocycles. The molecular weight excluding hydrogens is 356 g/mol. The molecule has 0 unspecified atom stereocenters. The van der Waals surface area contributed by atoms with Crippen LogP contribution in [0.15, 0.2) is 59.1 Å². The number of halogens is 1. The zero-order valence-corrected chi connectivity index (χ0v) is 16.6. The number of piperidine rings is 1. The monoisotopic (exact) mass is 381 g/mol. The Kier molecular flexibility index (Phi) is 5.33. The maximum atomic E-state index is 6.04. The lowest BCUT2D eigenvalue weighted by Crippen LogP contribution is -2.54. The lowest BCUT2D eigenvalue weighted by atomic mass is 10.0. The molecule has 0 aliphatic carbocycles. The molecule has 2 aromatic carbocycles. The summed E-state index contributed by atoms with van der Waals surface area (Å²) in [5.74, 6) is 1.04. The van der Waals surface area contributed by atoms with Gasteiger partial charge in [0.15, 0.2) is 0 Å². The van der Waals surface area contributed by atoms with Crippen molar-refractivity contribution < 1.29 is 4.52 Å². The summed E-state index contributed by atoms with van der Waals surface area (Å²) in [6.07, 6.45) is 4.84. The lowest BCUT2D eigenvalue weighted by Gasteiger charge is -2.38. The molecule has 1 aromatic heterocycles. The van der Waals surface area contributed by atoms with E-state index in [4.69, 9.17) is 16.1 Å². The Hall–Kier alpha value is -2.10. The highest BCUT2D eigenvalue weighted by atomic mass is 35.5. The molecule has 3 aromatic rings. The minimum atomic E-state index is 0.738. The molecule has 0 saturated carbocycles. The number of quaternary nitrogens is 1. The highest BCUT2D eigenvalue weighted by Crippen LogP contribution is 2.37. The molecule has 0 spiro atoms. The minimum Gasteiger partial charge on any atom is -0.302 e. The third kappa shape index (κ3) is 3.80. The maximum absolute atomic E-state index is 6.04. The van der Waals surface area contributed by atoms with Gasteiger partial charge in [0, 0.05) is 17.0 Å². The van der Waals surface area contributed by atoms with Gasteiger partial charge in [0.05, 0.1) is 25.2 Å². The van der Waals surface area contributed by atoms with Crippen molar-refractivity contribution in [1.29, 1.82) is 0 Å². The van der Waals surface area contributed by atoms with E-state index in [1.807, 2.05) is 24.3 Å². The van der Waals surface area contributed by atoms with Gasteiger partial charge in [0.1, 0.15) is 5.69 Å². The summed E-state index contributed by atoms with van der Waals surface area (Å²) >= 11 is 6.04. The molecule has 3 nitrogen and oxygen atoms in total. The van der Waals surface area contributed by atoms with Crippen molar-refractivity contribution in [3.63, 3.8) is 0 Å². The third-order valence-corrected chi connectivity index (χ3v) is 6.04. The Morgan fingerprint density at radius 2 is 1.67 bits per heavy atom. The lowest BCUT2D eigenvalue weighted by molar-refractivity contribution is 0.183. The highest BCUT2D eigenvalue weighted by molar-refractivity contribution is 6.30. The zero-order valence-electron chi connectivity index (χ0n) is 15.8. The van der Waals surface area contributed by atoms with E-state index in [0.29, 0.717) is 0 Å². The van der Waals surface area contributed by atoms with Gasteiger partial charge in [-0.25, -0.2) is 0 Å². The van der Waals surface area contributed by atoms with E-state index < -0.39 is 0 Å². The first kappa shape index (κ1) is 18.3. The van der Waals surface area contributed by atoms with Crippen LogP contribution in [0.4, 0.5) is 5.88 Å². The smallest absolute Gasteiger partial charge is 0.302 e. The molecule has 0 atom stereocenters. The fraction of sp³-hybridized carbons (Fsp3) is 0.348. The van der Waals surface area contributed by atoms with Crippen LogP contribution in [0, 0.1) is 6.92 Å². The molecule has 2 heterocycles. The van der Waals surface area contributed by atoms with E-state index in [9.17, 15) is 0 Å². The first-order chi connectivity index (χ1) is 13.2. The summed E-state index contributed by atoms with van der Waals surface area (Å²) in [6, 6.07) is 18.6. The summed E-state index contributed by atoms with van der Waals surface area (Å²) in [5, 5.41) is 5.20. The zero-order chi connectivity index (χ0) is 18.7. The van der Waals surface area contributed by atoms with Gasteiger partial charge >= 0.3 is 5.88 Å². The molecule has 0 N–H and O–H groups in total. The first-order valence-corrected chi connectivity index (χ1v) is 10.2. The van der Waals surface area contributed by atoms with Gasteiger partial charge in [-0.15, -0.1) is 0 Å². The summed E-state index contributed by atoms with van der Waals surface area (Å²) in [6.45, 7) is 5.46. The molecule has 27 heavy (non-hydrogen) atoms. The molecule has 1 fully saturated rings. The second kappa shape index (κ2) is 7.87. The van der Waals surface area contributed by atoms with Crippen molar-refractivity contribution in [1.82, 2.24) is 9.64 Å². The fourth-order valence-electron chi connectivity index (χ4n) is 4.28. The molecule has 1 aliphatic heterocycles. The number of hydrogen-bond acceptors (Lipinski definition) is 2. The Labute approximate surface area is 166 Å². The topological polar surface area (TPSA) is 26.0 Å². The van der Waals surface area contributed by atoms with Gasteiger partial charge < -0.3 is 4.52 Å². The molecule has 1 aliphatic rings. The van der Waals surface area contributed by atoms with Crippen LogP contribution in [0.2, 0.25) is 5.02 Å². The van der Waals surface area contributed by atoms with Crippen LogP contribution in [0.3, 0.4) is 0 Å². The van der Waals surface area contributed by atoms with Crippen LogP contribution >= 0.6 is 11.6 Å². The highest BCUT2D eigenvalue weighted by Gasteiger charge is 2.38. The summed E-state index contributed by atoms with van der Waals surface area (Å²) in [4.78, 5) is 0. The molecular formula is C23H26ClN2O+. The van der Waals surface area contributed by atoms with Gasteiger partial charge in [-0.05, 0) is 43.9 Å². The van der Waals surface area contributed by atoms with Crippen molar-refractivity contribution >= 4 is 17.5 Å². The predicted molar refractivity (Wildman–Crippen MR) is 112 cm³/mol. The number of likely N-dealkylation sites (tertiary alicyclic amines) is 1. The van der Waals surface area contributed by atoms with E-state index in [1.165, 1.54) is 24.8 Å². The second-order valence-corrected chi connectivity index (χ2v) is 8.02. The summed E-state index contributed by atoms with van der Waals surface area (Å²) in [7, 11) is 0. The van der Waals surface area contributed by atoms with Crippen molar-refractivity contribution in [3.05, 3.63) is 70.7 Å². The van der Waals surface area contributed by atoms with Gasteiger partial charge in [-0.3, -0.25) is 4.48 Å². The quantitative estimate of drug-likeness (QED) is 0.504. The Morgan fingerprint density at radius 3 is 2.37 bits per heavy atom. The molecule has 4 rings (SSSR count). The largest absolute Gasteiger partial charge is 0.325 e. The van der Waals surface area contributed by atoms with Gasteiger partial charge in [0.2, 0.25) is 0 Å². The Balaban J connectivity index is 1.65. The number of hydrogen-bond donors (Lipinski definition) is 0. The van der Waals surface area contributed by atoms with E-state index in [1.54, 1.807) is 0 Å². The van der Waals surface area contributed by atoms with Crippen LogP contribution in [0.5, 0.6) is 0 Å². The van der Waals surface area contributed by atoms with Crippen LogP contribution in [0.1, 0.15) is 30.4 Å². The second-order valence-electron chi connectivity index (χ2n) is 7.58. The normalized spacial score (nSPS) is 16.4. The van der Waals surface area contributed by atoms with E-state index in [-0.39, 0.29) is 0 Å². The summed E-state index contributed by atoms with van der Waals surface area (Å²) in [5.41, 5.74) is 4.54. The van der Waals surface area contributed by atoms with Gasteiger partial charge in [0.25, 0.3) is 0 Å². The van der Waals surface area contributed by atoms with E-state index in [2.05, 4.69) is 42.4 Å². The third-order valence-electron chi connectivity index (χ3n) is 5.79. The van der Waals surface area contributed by atoms with Crippen molar-refractivity contribution in [2.24, 2.45) is 0 Å². The van der Waals surface area contributed by atoms with Crippen molar-refractivity contribution in [3.8, 4) is 11.3 Å². The van der Waals surface area contributed by atoms with Gasteiger partial charge in [-0.2, -0.15) is 0 Å². The van der Waals surface area contributed by atoms with Crippen LogP contribution in [0.25, 0.3) is 11.3 Å². The first-order valence-electron chi connectivity index (χ1n) is 9.81. The molecule has 4 heteroatoms. The molecule has 0 bridgehead atoms. The summed E-state index contributed by atoms with van der Waals surface area (Å²) < 4.78 is 6.90. The minimum absolute atomic E-state index is 0.738. The average molecular weight is 382 g/mol. The van der Waals surface area contributed by atoms with Crippen molar-refractivity contribution in [2.45, 2.75) is 32.6 Å². The van der Waals surface area contributed by atoms with E-state index in [0.717, 1.165) is 58.3 Å². The van der Waals surface area contributed by atoms with Gasteiger partial charge in [-0.1, -0.05) is 59.2 Å². The Bertz CT molecular complexity index is 881. The number of aromatic nitrogens is 1. The number of nitrogens with zero attached hydrogens (tertiary/aromatic N) is 2. The van der Waals surface area contributed by atoms with Crippen LogP contribution in [-0.4, -0.2) is 24.8 Å². The molecule has 0 radical (unpaired) electrons. The van der Waals surface area contributed by atoms with Crippen LogP contribution < -0.4 is 4.48 Å². The Morgan fingerprint density at radius 1 is 0.963 bits per heavy atom.